The molecule has 1 aromatic carbocycles. The van der Waals surface area contributed by atoms with E-state index in [1.54, 1.807) is 37.4 Å². The largest absolute Gasteiger partial charge is 0.497 e. The molecule has 21 heavy (non-hydrogen) atoms. The van der Waals surface area contributed by atoms with Gasteiger partial charge < -0.3 is 14.5 Å². The summed E-state index contributed by atoms with van der Waals surface area (Å²) in [4.78, 5) is 0. The molecule has 0 aliphatic carbocycles. The summed E-state index contributed by atoms with van der Waals surface area (Å²) < 4.78 is 36.7. The molecular weight excluding hydrogens is 292 g/mol. The highest BCUT2D eigenvalue weighted by Crippen LogP contribution is 2.26. The van der Waals surface area contributed by atoms with Gasteiger partial charge >= 0.3 is 0 Å². The fourth-order valence-corrected chi connectivity index (χ4v) is 2.96. The fraction of sp³-hybridized carbons (Fsp3) is 0.286. The van der Waals surface area contributed by atoms with Crippen LogP contribution < -0.4 is 14.4 Å². The minimum absolute atomic E-state index is 0.0851. The Morgan fingerprint density at radius 1 is 1.29 bits per heavy atom. The Labute approximate surface area is 124 Å². The van der Waals surface area contributed by atoms with Crippen LogP contribution in [-0.2, 0) is 16.6 Å². The van der Waals surface area contributed by atoms with Gasteiger partial charge in [-0.2, -0.15) is 8.42 Å². The number of rotatable bonds is 6. The molecule has 0 aliphatic heterocycles. The highest BCUT2D eigenvalue weighted by Gasteiger charge is 2.25. The molecule has 2 aromatic rings. The van der Waals surface area contributed by atoms with Crippen molar-refractivity contribution in [2.45, 2.75) is 11.6 Å². The monoisotopic (exact) mass is 310 g/mol. The number of hydrogen-bond donors (Lipinski definition) is 1. The number of benzene rings is 1. The SMILES string of the molecule is CNCc1ccc(S(=O)(=O)N(C)c2cccc(OC)c2)o1. The molecule has 7 heteroatoms. The van der Waals surface area contributed by atoms with Crippen LogP contribution in [0.4, 0.5) is 5.69 Å². The second-order valence-electron chi connectivity index (χ2n) is 4.43. The lowest BCUT2D eigenvalue weighted by Crippen LogP contribution is -2.26. The number of nitrogens with zero attached hydrogens (tertiary/aromatic N) is 1. The van der Waals surface area contributed by atoms with Crippen LogP contribution in [0.3, 0.4) is 0 Å². The van der Waals surface area contributed by atoms with Crippen LogP contribution in [0.25, 0.3) is 0 Å². The predicted molar refractivity (Wildman–Crippen MR) is 80.1 cm³/mol. The summed E-state index contributed by atoms with van der Waals surface area (Å²) in [6, 6.07) is 9.92. The first-order valence-electron chi connectivity index (χ1n) is 6.35. The van der Waals surface area contributed by atoms with E-state index < -0.39 is 10.0 Å². The van der Waals surface area contributed by atoms with E-state index in [0.29, 0.717) is 23.7 Å². The molecule has 0 atom stereocenters. The topological polar surface area (TPSA) is 71.8 Å². The molecule has 0 saturated heterocycles. The van der Waals surface area contributed by atoms with Crippen LogP contribution in [0.15, 0.2) is 45.9 Å². The van der Waals surface area contributed by atoms with Gasteiger partial charge in [0, 0.05) is 13.1 Å². The van der Waals surface area contributed by atoms with E-state index in [-0.39, 0.29) is 5.09 Å². The Kier molecular flexibility index (Phi) is 4.54. The van der Waals surface area contributed by atoms with Crippen molar-refractivity contribution >= 4 is 15.7 Å². The Bertz CT molecular complexity index is 709. The second kappa shape index (κ2) is 6.19. The lowest BCUT2D eigenvalue weighted by Gasteiger charge is -2.18. The molecule has 6 nitrogen and oxygen atoms in total. The highest BCUT2D eigenvalue weighted by atomic mass is 32.2. The van der Waals surface area contributed by atoms with Crippen LogP contribution in [-0.4, -0.2) is 29.6 Å². The van der Waals surface area contributed by atoms with Gasteiger partial charge in [-0.15, -0.1) is 0 Å². The molecule has 1 N–H and O–H groups in total. The number of anilines is 1. The average Bonchev–Trinajstić information content (AvgIpc) is 2.96. The minimum Gasteiger partial charge on any atom is -0.497 e. The number of ether oxygens (including phenoxy) is 1. The third kappa shape index (κ3) is 3.20. The summed E-state index contributed by atoms with van der Waals surface area (Å²) in [6.07, 6.45) is 0. The van der Waals surface area contributed by atoms with Crippen molar-refractivity contribution in [1.82, 2.24) is 5.32 Å². The predicted octanol–water partition coefficient (Wildman–Crippen LogP) is 1.83. The molecule has 0 amide bonds. The van der Waals surface area contributed by atoms with E-state index in [4.69, 9.17) is 9.15 Å². The summed E-state index contributed by atoms with van der Waals surface area (Å²) in [5, 5.41) is 2.82. The van der Waals surface area contributed by atoms with Crippen molar-refractivity contribution in [3.63, 3.8) is 0 Å². The van der Waals surface area contributed by atoms with Crippen LogP contribution >= 0.6 is 0 Å². The van der Waals surface area contributed by atoms with Crippen molar-refractivity contribution in [1.29, 1.82) is 0 Å². The zero-order chi connectivity index (χ0) is 15.5. The van der Waals surface area contributed by atoms with Crippen molar-refractivity contribution in [3.05, 3.63) is 42.2 Å². The molecule has 0 fully saturated rings. The highest BCUT2D eigenvalue weighted by molar-refractivity contribution is 7.92. The van der Waals surface area contributed by atoms with E-state index in [0.717, 1.165) is 4.31 Å². The number of hydrogen-bond acceptors (Lipinski definition) is 5. The lowest BCUT2D eigenvalue weighted by atomic mass is 10.3. The molecule has 0 unspecified atom stereocenters. The summed E-state index contributed by atoms with van der Waals surface area (Å²) in [5.74, 6) is 1.15. The Morgan fingerprint density at radius 2 is 2.05 bits per heavy atom. The minimum atomic E-state index is -3.73. The van der Waals surface area contributed by atoms with Gasteiger partial charge in [0.2, 0.25) is 5.09 Å². The first-order valence-corrected chi connectivity index (χ1v) is 7.79. The Hall–Kier alpha value is -1.99. The smallest absolute Gasteiger partial charge is 0.297 e. The molecule has 0 bridgehead atoms. The van der Waals surface area contributed by atoms with E-state index >= 15 is 0 Å². The summed E-state index contributed by atoms with van der Waals surface area (Å²) >= 11 is 0. The molecule has 0 radical (unpaired) electrons. The molecule has 114 valence electrons. The van der Waals surface area contributed by atoms with Crippen LogP contribution in [0, 0.1) is 0 Å². The van der Waals surface area contributed by atoms with E-state index in [2.05, 4.69) is 5.32 Å². The summed E-state index contributed by atoms with van der Waals surface area (Å²) in [7, 11) is 1.04. The number of furan rings is 1. The van der Waals surface area contributed by atoms with Crippen LogP contribution in [0.1, 0.15) is 5.76 Å². The maximum atomic E-state index is 12.5. The summed E-state index contributed by atoms with van der Waals surface area (Å²) in [5.41, 5.74) is 0.501. The maximum absolute atomic E-state index is 12.5. The molecule has 0 aliphatic rings. The quantitative estimate of drug-likeness (QED) is 0.881. The Morgan fingerprint density at radius 3 is 2.71 bits per heavy atom. The van der Waals surface area contributed by atoms with Crippen molar-refractivity contribution < 1.29 is 17.6 Å². The molecule has 1 heterocycles. The molecule has 0 saturated carbocycles. The van der Waals surface area contributed by atoms with Gasteiger partial charge in [-0.25, -0.2) is 0 Å². The molecule has 2 rings (SSSR count). The van der Waals surface area contributed by atoms with Gasteiger partial charge in [-0.1, -0.05) is 6.07 Å². The van der Waals surface area contributed by atoms with Crippen LogP contribution in [0.5, 0.6) is 5.75 Å². The van der Waals surface area contributed by atoms with Gasteiger partial charge in [-0.3, -0.25) is 4.31 Å². The average molecular weight is 310 g/mol. The number of nitrogens with one attached hydrogen (secondary N) is 1. The molecular formula is C14H18N2O4S. The van der Waals surface area contributed by atoms with Crippen molar-refractivity contribution in [2.75, 3.05) is 25.5 Å². The third-order valence-electron chi connectivity index (χ3n) is 3.02. The summed E-state index contributed by atoms with van der Waals surface area (Å²) in [6.45, 7) is 0.471. The first kappa shape index (κ1) is 15.4. The van der Waals surface area contributed by atoms with Crippen LogP contribution in [0.2, 0.25) is 0 Å². The third-order valence-corrected chi connectivity index (χ3v) is 4.68. The van der Waals surface area contributed by atoms with Gasteiger partial charge in [0.15, 0.2) is 0 Å². The fourth-order valence-electron chi connectivity index (χ4n) is 1.85. The van der Waals surface area contributed by atoms with Gasteiger partial charge in [0.05, 0.1) is 19.3 Å². The van der Waals surface area contributed by atoms with Gasteiger partial charge in [0.25, 0.3) is 10.0 Å². The van der Waals surface area contributed by atoms with Gasteiger partial charge in [0.1, 0.15) is 11.5 Å². The molecule has 0 spiro atoms. The van der Waals surface area contributed by atoms with Gasteiger partial charge in [-0.05, 0) is 31.3 Å². The first-order chi connectivity index (χ1) is 9.98. The normalized spacial score (nSPS) is 11.4. The van der Waals surface area contributed by atoms with Crippen molar-refractivity contribution in [3.8, 4) is 5.75 Å². The van der Waals surface area contributed by atoms with Crippen molar-refractivity contribution in [2.24, 2.45) is 0 Å². The van der Waals surface area contributed by atoms with E-state index in [1.165, 1.54) is 20.2 Å². The van der Waals surface area contributed by atoms with E-state index in [1.807, 2.05) is 0 Å². The molecule has 1 aromatic heterocycles. The zero-order valence-corrected chi connectivity index (χ0v) is 13.0. The lowest BCUT2D eigenvalue weighted by molar-refractivity contribution is 0.407. The second-order valence-corrected chi connectivity index (χ2v) is 6.33. The number of sulfonamides is 1. The number of methoxy groups -OCH3 is 1. The van der Waals surface area contributed by atoms with E-state index in [9.17, 15) is 8.42 Å². The Balaban J connectivity index is 2.32. The zero-order valence-electron chi connectivity index (χ0n) is 12.2. The maximum Gasteiger partial charge on any atom is 0.297 e. The standard InChI is InChI=1S/C14H18N2O4S/c1-15-10-13-7-8-14(20-13)21(17,18)16(2)11-5-4-6-12(9-11)19-3/h4-9,15H,10H2,1-3H3.